The maximum atomic E-state index is 11.3. The zero-order chi connectivity index (χ0) is 12.6. The first-order valence-electron chi connectivity index (χ1n) is 5.57. The molecule has 2 aliphatic rings. The molecule has 0 saturated carbocycles. The van der Waals surface area contributed by atoms with Crippen LogP contribution in [-0.4, -0.2) is 44.7 Å². The second-order valence-electron chi connectivity index (χ2n) is 4.65. The maximum absolute atomic E-state index is 11.3. The van der Waals surface area contributed by atoms with Crippen molar-refractivity contribution >= 4 is 5.97 Å². The lowest BCUT2D eigenvalue weighted by Gasteiger charge is -2.24. The van der Waals surface area contributed by atoms with E-state index in [1.165, 1.54) is 14.2 Å². The molecular formula is C11H18O6. The molecular weight excluding hydrogens is 228 g/mol. The van der Waals surface area contributed by atoms with Gasteiger partial charge < -0.3 is 23.7 Å². The topological polar surface area (TPSA) is 63.2 Å². The van der Waals surface area contributed by atoms with Crippen LogP contribution in [0.4, 0.5) is 0 Å². The summed E-state index contributed by atoms with van der Waals surface area (Å²) in [4.78, 5) is 11.3. The molecule has 6 nitrogen and oxygen atoms in total. The molecule has 98 valence electrons. The van der Waals surface area contributed by atoms with Crippen molar-refractivity contribution in [1.29, 1.82) is 0 Å². The van der Waals surface area contributed by atoms with E-state index in [2.05, 4.69) is 4.74 Å². The SMILES string of the molecule is COC(=O)CC1C(OC)O[C@@H]2OC(C)(C)O[C@H]12. The van der Waals surface area contributed by atoms with Crippen molar-refractivity contribution in [3.05, 3.63) is 0 Å². The van der Waals surface area contributed by atoms with Crippen molar-refractivity contribution in [2.24, 2.45) is 5.92 Å². The summed E-state index contributed by atoms with van der Waals surface area (Å²) < 4.78 is 26.7. The van der Waals surface area contributed by atoms with E-state index in [1.807, 2.05) is 13.8 Å². The van der Waals surface area contributed by atoms with Crippen LogP contribution in [0.25, 0.3) is 0 Å². The van der Waals surface area contributed by atoms with Gasteiger partial charge in [-0.2, -0.15) is 0 Å². The van der Waals surface area contributed by atoms with E-state index in [-0.39, 0.29) is 24.4 Å². The van der Waals surface area contributed by atoms with Crippen molar-refractivity contribution in [2.75, 3.05) is 14.2 Å². The minimum Gasteiger partial charge on any atom is -0.469 e. The molecule has 2 saturated heterocycles. The molecule has 0 N–H and O–H groups in total. The number of methoxy groups -OCH3 is 2. The van der Waals surface area contributed by atoms with Crippen molar-refractivity contribution < 1.29 is 28.5 Å². The Morgan fingerprint density at radius 3 is 2.59 bits per heavy atom. The molecule has 0 bridgehead atoms. The predicted octanol–water partition coefficient (Wildman–Crippen LogP) is 0.646. The number of hydrogen-bond donors (Lipinski definition) is 0. The van der Waals surface area contributed by atoms with Crippen molar-refractivity contribution in [3.8, 4) is 0 Å². The molecule has 2 rings (SSSR count). The van der Waals surface area contributed by atoms with Crippen LogP contribution >= 0.6 is 0 Å². The highest BCUT2D eigenvalue weighted by Crippen LogP contribution is 2.42. The molecule has 0 aromatic heterocycles. The normalized spacial score (nSPS) is 39.1. The molecule has 0 aromatic rings. The average molecular weight is 246 g/mol. The third-order valence-corrected chi connectivity index (χ3v) is 2.99. The number of hydrogen-bond acceptors (Lipinski definition) is 6. The van der Waals surface area contributed by atoms with Gasteiger partial charge in [-0.15, -0.1) is 0 Å². The Morgan fingerprint density at radius 1 is 1.29 bits per heavy atom. The molecule has 0 aromatic carbocycles. The summed E-state index contributed by atoms with van der Waals surface area (Å²) in [6.45, 7) is 3.62. The van der Waals surface area contributed by atoms with Crippen LogP contribution in [0.15, 0.2) is 0 Å². The minimum atomic E-state index is -0.692. The van der Waals surface area contributed by atoms with Crippen LogP contribution < -0.4 is 0 Å². The fraction of sp³-hybridized carbons (Fsp3) is 0.909. The van der Waals surface area contributed by atoms with E-state index in [1.54, 1.807) is 0 Å². The van der Waals surface area contributed by atoms with Gasteiger partial charge in [0.15, 0.2) is 18.4 Å². The number of esters is 1. The standard InChI is InChI=1S/C11H18O6/c1-11(2)16-8-6(5-7(12)13-3)9(14-4)15-10(8)17-11/h6,8-10H,5H2,1-4H3/t6?,8-,9?,10-/m1/s1. The molecule has 4 atom stereocenters. The third-order valence-electron chi connectivity index (χ3n) is 2.99. The first-order chi connectivity index (χ1) is 7.96. The summed E-state index contributed by atoms with van der Waals surface area (Å²) in [6, 6.07) is 0. The number of carbonyl (C=O) groups excluding carboxylic acids is 1. The van der Waals surface area contributed by atoms with Gasteiger partial charge >= 0.3 is 5.97 Å². The van der Waals surface area contributed by atoms with E-state index in [0.29, 0.717) is 0 Å². The van der Waals surface area contributed by atoms with E-state index in [0.717, 1.165) is 0 Å². The fourth-order valence-electron chi connectivity index (χ4n) is 2.26. The molecule has 17 heavy (non-hydrogen) atoms. The Morgan fingerprint density at radius 2 is 2.00 bits per heavy atom. The van der Waals surface area contributed by atoms with Crippen LogP contribution in [0.3, 0.4) is 0 Å². The molecule has 0 spiro atoms. The van der Waals surface area contributed by atoms with Gasteiger partial charge in [-0.05, 0) is 13.8 Å². The Hall–Kier alpha value is -0.690. The van der Waals surface area contributed by atoms with Crippen LogP contribution in [0.5, 0.6) is 0 Å². The highest BCUT2D eigenvalue weighted by Gasteiger charge is 2.55. The predicted molar refractivity (Wildman–Crippen MR) is 55.8 cm³/mol. The molecule has 0 aliphatic carbocycles. The Balaban J connectivity index is 2.08. The lowest BCUT2D eigenvalue weighted by molar-refractivity contribution is -0.249. The third kappa shape index (κ3) is 2.44. The second-order valence-corrected chi connectivity index (χ2v) is 4.65. The summed E-state index contributed by atoms with van der Waals surface area (Å²) >= 11 is 0. The van der Waals surface area contributed by atoms with Gasteiger partial charge in [0.05, 0.1) is 19.4 Å². The number of fused-ring (bicyclic) bond motifs is 1. The monoisotopic (exact) mass is 246 g/mol. The Bertz CT molecular complexity index is 302. The number of rotatable bonds is 3. The lowest BCUT2D eigenvalue weighted by Crippen LogP contribution is -2.32. The molecule has 0 radical (unpaired) electrons. The summed E-state index contributed by atoms with van der Waals surface area (Å²) in [5, 5.41) is 0. The largest absolute Gasteiger partial charge is 0.469 e. The number of carbonyl (C=O) groups is 1. The summed E-state index contributed by atoms with van der Waals surface area (Å²) in [5.74, 6) is -1.21. The highest BCUT2D eigenvalue weighted by atomic mass is 16.9. The molecule has 6 heteroatoms. The van der Waals surface area contributed by atoms with Crippen molar-refractivity contribution in [2.45, 2.75) is 44.7 Å². The zero-order valence-electron chi connectivity index (χ0n) is 10.5. The van der Waals surface area contributed by atoms with E-state index in [4.69, 9.17) is 18.9 Å². The van der Waals surface area contributed by atoms with Gasteiger partial charge in [0.1, 0.15) is 6.10 Å². The second kappa shape index (κ2) is 4.53. The van der Waals surface area contributed by atoms with Gasteiger partial charge in [-0.3, -0.25) is 4.79 Å². The molecule has 0 amide bonds. The summed E-state index contributed by atoms with van der Waals surface area (Å²) in [5.41, 5.74) is 0. The quantitative estimate of drug-likeness (QED) is 0.681. The van der Waals surface area contributed by atoms with Crippen molar-refractivity contribution in [3.63, 3.8) is 0 Å². The first kappa shape index (κ1) is 12.8. The van der Waals surface area contributed by atoms with Gasteiger partial charge in [0, 0.05) is 7.11 Å². The fourth-order valence-corrected chi connectivity index (χ4v) is 2.26. The van der Waals surface area contributed by atoms with E-state index < -0.39 is 18.4 Å². The summed E-state index contributed by atoms with van der Waals surface area (Å²) in [6.07, 6.45) is -1.09. The lowest BCUT2D eigenvalue weighted by atomic mass is 10.00. The molecule has 2 aliphatic heterocycles. The maximum Gasteiger partial charge on any atom is 0.306 e. The van der Waals surface area contributed by atoms with Crippen LogP contribution in [-0.2, 0) is 28.5 Å². The van der Waals surface area contributed by atoms with Gasteiger partial charge in [-0.1, -0.05) is 0 Å². The van der Waals surface area contributed by atoms with E-state index in [9.17, 15) is 4.79 Å². The van der Waals surface area contributed by atoms with Crippen LogP contribution in [0, 0.1) is 5.92 Å². The molecule has 2 heterocycles. The smallest absolute Gasteiger partial charge is 0.306 e. The van der Waals surface area contributed by atoms with Crippen LogP contribution in [0.2, 0.25) is 0 Å². The molecule has 2 fully saturated rings. The van der Waals surface area contributed by atoms with Crippen molar-refractivity contribution in [1.82, 2.24) is 0 Å². The molecule has 2 unspecified atom stereocenters. The van der Waals surface area contributed by atoms with Gasteiger partial charge in [0.2, 0.25) is 0 Å². The zero-order valence-corrected chi connectivity index (χ0v) is 10.5. The summed E-state index contributed by atoms with van der Waals surface area (Å²) in [7, 11) is 2.88. The van der Waals surface area contributed by atoms with E-state index >= 15 is 0 Å². The van der Waals surface area contributed by atoms with Gasteiger partial charge in [-0.25, -0.2) is 0 Å². The Labute approximate surface area is 100 Å². The minimum absolute atomic E-state index is 0.190. The van der Waals surface area contributed by atoms with Gasteiger partial charge in [0.25, 0.3) is 0 Å². The Kier molecular flexibility index (Phi) is 3.40. The number of ether oxygens (including phenoxy) is 5. The highest BCUT2D eigenvalue weighted by molar-refractivity contribution is 5.69. The first-order valence-corrected chi connectivity index (χ1v) is 5.57. The van der Waals surface area contributed by atoms with Crippen LogP contribution in [0.1, 0.15) is 20.3 Å². The average Bonchev–Trinajstić information content (AvgIpc) is 2.72.